The highest BCUT2D eigenvalue weighted by atomic mass is 14.1. The minimum atomic E-state index is 0.487. The summed E-state index contributed by atoms with van der Waals surface area (Å²) >= 11 is 0. The van der Waals surface area contributed by atoms with Crippen LogP contribution in [0.2, 0.25) is 0 Å². The normalized spacial score (nSPS) is 15.2. The van der Waals surface area contributed by atoms with Crippen LogP contribution in [0.4, 0.5) is 0 Å². The van der Waals surface area contributed by atoms with Gasteiger partial charge in [0, 0.05) is 0 Å². The maximum atomic E-state index is 2.32. The number of hydrogen-bond donors (Lipinski definition) is 0. The molecule has 1 aromatic rings. The maximum absolute atomic E-state index is 2.32. The molecule has 0 heterocycles. The molecule has 0 fully saturated rings. The second-order valence-corrected chi connectivity index (χ2v) is 4.02. The van der Waals surface area contributed by atoms with Gasteiger partial charge in [0.05, 0.1) is 0 Å². The fraction of sp³-hybridized carbons (Fsp3) is 0.333. The SMILES string of the molecule is C/C=C(C)/C(C)=C/C(C)c1ccccc1. The molecule has 0 aromatic heterocycles. The highest BCUT2D eigenvalue weighted by molar-refractivity contribution is 5.31. The number of allylic oxidation sites excluding steroid dienone is 4. The largest absolute Gasteiger partial charge is 0.0845 e. The van der Waals surface area contributed by atoms with Gasteiger partial charge in [0.25, 0.3) is 0 Å². The molecule has 80 valence electrons. The van der Waals surface area contributed by atoms with E-state index >= 15 is 0 Å². The van der Waals surface area contributed by atoms with Gasteiger partial charge in [-0.1, -0.05) is 60.6 Å². The van der Waals surface area contributed by atoms with E-state index in [-0.39, 0.29) is 0 Å². The smallest absolute Gasteiger partial charge is 0.000463 e. The van der Waals surface area contributed by atoms with Gasteiger partial charge in [0.15, 0.2) is 0 Å². The molecule has 0 heteroatoms. The average Bonchev–Trinajstić information content (AvgIpc) is 2.29. The predicted molar refractivity (Wildman–Crippen MR) is 68.0 cm³/mol. The van der Waals surface area contributed by atoms with Crippen molar-refractivity contribution >= 4 is 0 Å². The van der Waals surface area contributed by atoms with Crippen molar-refractivity contribution in [3.05, 3.63) is 59.2 Å². The summed E-state index contributed by atoms with van der Waals surface area (Å²) in [5, 5.41) is 0. The van der Waals surface area contributed by atoms with Gasteiger partial charge in [0.1, 0.15) is 0 Å². The summed E-state index contributed by atoms with van der Waals surface area (Å²) in [6.45, 7) is 8.65. The van der Waals surface area contributed by atoms with Gasteiger partial charge in [0.2, 0.25) is 0 Å². The molecular weight excluding hydrogens is 180 g/mol. The Morgan fingerprint density at radius 2 is 1.67 bits per heavy atom. The molecule has 0 nitrogen and oxygen atoms in total. The molecule has 1 atom stereocenters. The minimum Gasteiger partial charge on any atom is -0.0845 e. The van der Waals surface area contributed by atoms with E-state index < -0.39 is 0 Å². The highest BCUT2D eigenvalue weighted by Crippen LogP contribution is 2.20. The molecule has 0 N–H and O–H groups in total. The van der Waals surface area contributed by atoms with Crippen LogP contribution in [-0.2, 0) is 0 Å². The zero-order valence-electron chi connectivity index (χ0n) is 10.1. The standard InChI is InChI=1S/C15H20/c1-5-12(2)13(3)11-14(4)15-9-7-6-8-10-15/h5-11,14H,1-4H3/b12-5+,13-11+. The molecule has 15 heavy (non-hydrogen) atoms. The van der Waals surface area contributed by atoms with Crippen LogP contribution in [0.5, 0.6) is 0 Å². The molecule has 0 amide bonds. The third kappa shape index (κ3) is 3.39. The summed E-state index contributed by atoms with van der Waals surface area (Å²) in [5.41, 5.74) is 4.10. The second-order valence-electron chi connectivity index (χ2n) is 4.02. The summed E-state index contributed by atoms with van der Waals surface area (Å²) in [6, 6.07) is 10.6. The fourth-order valence-electron chi connectivity index (χ4n) is 1.59. The van der Waals surface area contributed by atoms with Crippen molar-refractivity contribution < 1.29 is 0 Å². The molecule has 0 radical (unpaired) electrons. The van der Waals surface area contributed by atoms with E-state index in [0.29, 0.717) is 5.92 Å². The molecular formula is C15H20. The lowest BCUT2D eigenvalue weighted by molar-refractivity contribution is 0.953. The van der Waals surface area contributed by atoms with Crippen LogP contribution < -0.4 is 0 Å². The molecule has 1 rings (SSSR count). The Balaban J connectivity index is 2.84. The highest BCUT2D eigenvalue weighted by Gasteiger charge is 2.01. The van der Waals surface area contributed by atoms with E-state index in [1.807, 2.05) is 0 Å². The summed E-state index contributed by atoms with van der Waals surface area (Å²) in [7, 11) is 0. The van der Waals surface area contributed by atoms with Gasteiger partial charge in [-0.2, -0.15) is 0 Å². The van der Waals surface area contributed by atoms with Gasteiger partial charge in [-0.05, 0) is 32.3 Å². The van der Waals surface area contributed by atoms with Crippen molar-refractivity contribution in [2.45, 2.75) is 33.6 Å². The summed E-state index contributed by atoms with van der Waals surface area (Å²) in [6.07, 6.45) is 4.48. The summed E-state index contributed by atoms with van der Waals surface area (Å²) in [5.74, 6) is 0.487. The van der Waals surface area contributed by atoms with E-state index in [4.69, 9.17) is 0 Å². The van der Waals surface area contributed by atoms with Gasteiger partial charge < -0.3 is 0 Å². The molecule has 1 unspecified atom stereocenters. The van der Waals surface area contributed by atoms with Gasteiger partial charge in [-0.3, -0.25) is 0 Å². The molecule has 0 spiro atoms. The Morgan fingerprint density at radius 3 is 2.20 bits per heavy atom. The Morgan fingerprint density at radius 1 is 1.07 bits per heavy atom. The molecule has 0 saturated heterocycles. The zero-order chi connectivity index (χ0) is 11.3. The van der Waals surface area contributed by atoms with Crippen molar-refractivity contribution in [2.24, 2.45) is 0 Å². The van der Waals surface area contributed by atoms with E-state index in [2.05, 4.69) is 70.2 Å². The van der Waals surface area contributed by atoms with E-state index in [0.717, 1.165) is 0 Å². The third-order valence-corrected chi connectivity index (χ3v) is 2.88. The lowest BCUT2D eigenvalue weighted by Crippen LogP contribution is -1.90. The van der Waals surface area contributed by atoms with E-state index in [9.17, 15) is 0 Å². The summed E-state index contributed by atoms with van der Waals surface area (Å²) < 4.78 is 0. The van der Waals surface area contributed by atoms with Crippen LogP contribution in [0.25, 0.3) is 0 Å². The first-order chi connectivity index (χ1) is 7.15. The van der Waals surface area contributed by atoms with Crippen LogP contribution in [-0.4, -0.2) is 0 Å². The van der Waals surface area contributed by atoms with Crippen molar-refractivity contribution in [1.29, 1.82) is 0 Å². The fourth-order valence-corrected chi connectivity index (χ4v) is 1.59. The first kappa shape index (κ1) is 11.8. The van der Waals surface area contributed by atoms with Crippen molar-refractivity contribution in [3.63, 3.8) is 0 Å². The van der Waals surface area contributed by atoms with Gasteiger partial charge in [-0.15, -0.1) is 0 Å². The second kappa shape index (κ2) is 5.55. The Kier molecular flexibility index (Phi) is 4.36. The van der Waals surface area contributed by atoms with Crippen molar-refractivity contribution in [3.8, 4) is 0 Å². The Labute approximate surface area is 93.3 Å². The third-order valence-electron chi connectivity index (χ3n) is 2.88. The molecule has 0 aliphatic carbocycles. The lowest BCUT2D eigenvalue weighted by atomic mass is 9.97. The zero-order valence-corrected chi connectivity index (χ0v) is 10.1. The van der Waals surface area contributed by atoms with E-state index in [1.54, 1.807) is 0 Å². The van der Waals surface area contributed by atoms with Crippen LogP contribution in [0, 0.1) is 0 Å². The van der Waals surface area contributed by atoms with Crippen LogP contribution in [0.15, 0.2) is 53.6 Å². The quantitative estimate of drug-likeness (QED) is 0.620. The summed E-state index contributed by atoms with van der Waals surface area (Å²) in [4.78, 5) is 0. The molecule has 0 aliphatic rings. The maximum Gasteiger partial charge on any atom is -0.000463 e. The van der Waals surface area contributed by atoms with Crippen LogP contribution in [0.3, 0.4) is 0 Å². The number of hydrogen-bond acceptors (Lipinski definition) is 0. The van der Waals surface area contributed by atoms with Gasteiger partial charge in [-0.25, -0.2) is 0 Å². The number of benzene rings is 1. The first-order valence-electron chi connectivity index (χ1n) is 5.51. The topological polar surface area (TPSA) is 0 Å². The van der Waals surface area contributed by atoms with Crippen molar-refractivity contribution in [1.82, 2.24) is 0 Å². The Bertz CT molecular complexity index is 355. The monoisotopic (exact) mass is 200 g/mol. The number of rotatable bonds is 3. The minimum absolute atomic E-state index is 0.487. The first-order valence-corrected chi connectivity index (χ1v) is 5.51. The lowest BCUT2D eigenvalue weighted by Gasteiger charge is -2.09. The molecule has 0 bridgehead atoms. The van der Waals surface area contributed by atoms with Crippen LogP contribution in [0.1, 0.15) is 39.2 Å². The Hall–Kier alpha value is -1.30. The van der Waals surface area contributed by atoms with Crippen molar-refractivity contribution in [2.75, 3.05) is 0 Å². The van der Waals surface area contributed by atoms with Crippen LogP contribution >= 0.6 is 0 Å². The molecule has 0 saturated carbocycles. The molecule has 0 aliphatic heterocycles. The van der Waals surface area contributed by atoms with Gasteiger partial charge >= 0.3 is 0 Å². The average molecular weight is 200 g/mol. The van der Waals surface area contributed by atoms with E-state index in [1.165, 1.54) is 16.7 Å². The predicted octanol–water partition coefficient (Wildman–Crippen LogP) is 4.70. The molecule has 1 aromatic carbocycles.